The predicted octanol–water partition coefficient (Wildman–Crippen LogP) is 5.35. The number of aryl methyl sites for hydroxylation is 1. The first-order chi connectivity index (χ1) is 12.0. The summed E-state index contributed by atoms with van der Waals surface area (Å²) in [7, 11) is 0. The Morgan fingerprint density at radius 1 is 1.04 bits per heavy atom. The Hall–Kier alpha value is -2.59. The van der Waals surface area contributed by atoms with Crippen LogP contribution < -0.4 is 5.32 Å². The van der Waals surface area contributed by atoms with Crippen molar-refractivity contribution in [2.75, 3.05) is 5.32 Å². The van der Waals surface area contributed by atoms with E-state index in [-0.39, 0.29) is 5.91 Å². The standard InChI is InChI=1S/C21H17BrN2O/c1-13-11-15(14(2)24(13)17-9-7-16(22)8-10-17)12-19-18-5-3-4-6-20(18)23-21(19)25/h3-12H,1-2H3,(H,23,25)/b19-12-. The molecular weight excluding hydrogens is 376 g/mol. The number of anilines is 1. The van der Waals surface area contributed by atoms with Crippen LogP contribution in [0, 0.1) is 13.8 Å². The van der Waals surface area contributed by atoms with Gasteiger partial charge in [0.25, 0.3) is 5.91 Å². The number of carbonyl (C=O) groups excluding carboxylic acids is 1. The zero-order valence-corrected chi connectivity index (χ0v) is 15.6. The minimum absolute atomic E-state index is 0.0466. The molecule has 0 radical (unpaired) electrons. The molecule has 0 aliphatic carbocycles. The summed E-state index contributed by atoms with van der Waals surface area (Å²) in [4.78, 5) is 12.4. The topological polar surface area (TPSA) is 34.0 Å². The van der Waals surface area contributed by atoms with Gasteiger partial charge in [0, 0.05) is 38.4 Å². The number of amides is 1. The highest BCUT2D eigenvalue weighted by Crippen LogP contribution is 2.34. The van der Waals surface area contributed by atoms with Gasteiger partial charge in [-0.05, 0) is 61.9 Å². The summed E-state index contributed by atoms with van der Waals surface area (Å²) in [5, 5.41) is 2.93. The molecule has 124 valence electrons. The van der Waals surface area contributed by atoms with Gasteiger partial charge in [0.05, 0.1) is 0 Å². The molecule has 1 aromatic heterocycles. The average molecular weight is 393 g/mol. The zero-order chi connectivity index (χ0) is 17.6. The number of carbonyl (C=O) groups is 1. The first kappa shape index (κ1) is 15.9. The van der Waals surface area contributed by atoms with Crippen molar-refractivity contribution in [1.82, 2.24) is 4.57 Å². The monoisotopic (exact) mass is 392 g/mol. The summed E-state index contributed by atoms with van der Waals surface area (Å²) < 4.78 is 3.26. The van der Waals surface area contributed by atoms with Crippen molar-refractivity contribution in [2.45, 2.75) is 13.8 Å². The summed E-state index contributed by atoms with van der Waals surface area (Å²) in [6.07, 6.45) is 1.98. The minimum atomic E-state index is -0.0466. The van der Waals surface area contributed by atoms with Crippen molar-refractivity contribution in [3.63, 3.8) is 0 Å². The molecule has 25 heavy (non-hydrogen) atoms. The first-order valence-corrected chi connectivity index (χ1v) is 8.91. The predicted molar refractivity (Wildman–Crippen MR) is 106 cm³/mol. The fourth-order valence-electron chi connectivity index (χ4n) is 3.36. The number of halogens is 1. The maximum atomic E-state index is 12.4. The molecular formula is C21H17BrN2O. The number of rotatable bonds is 2. The molecule has 0 saturated heterocycles. The smallest absolute Gasteiger partial charge is 0.256 e. The van der Waals surface area contributed by atoms with E-state index in [1.807, 2.05) is 42.5 Å². The van der Waals surface area contributed by atoms with E-state index in [0.29, 0.717) is 5.57 Å². The van der Waals surface area contributed by atoms with Crippen LogP contribution in [-0.2, 0) is 4.79 Å². The third kappa shape index (κ3) is 2.72. The molecule has 1 aliphatic rings. The quantitative estimate of drug-likeness (QED) is 0.586. The van der Waals surface area contributed by atoms with Crippen LogP contribution in [0.3, 0.4) is 0 Å². The molecule has 1 N–H and O–H groups in total. The molecule has 3 aromatic rings. The van der Waals surface area contributed by atoms with Crippen LogP contribution in [-0.4, -0.2) is 10.5 Å². The van der Waals surface area contributed by atoms with Gasteiger partial charge in [0.2, 0.25) is 0 Å². The summed E-state index contributed by atoms with van der Waals surface area (Å²) in [6, 6.07) is 18.2. The number of benzene rings is 2. The number of nitrogens with zero attached hydrogens (tertiary/aromatic N) is 1. The van der Waals surface area contributed by atoms with E-state index >= 15 is 0 Å². The van der Waals surface area contributed by atoms with Gasteiger partial charge in [0.1, 0.15) is 0 Å². The van der Waals surface area contributed by atoms with Gasteiger partial charge in [-0.25, -0.2) is 0 Å². The number of nitrogens with one attached hydrogen (secondary N) is 1. The van der Waals surface area contributed by atoms with Gasteiger partial charge >= 0.3 is 0 Å². The van der Waals surface area contributed by atoms with Crippen LogP contribution in [0.5, 0.6) is 0 Å². The lowest BCUT2D eigenvalue weighted by atomic mass is 10.0. The van der Waals surface area contributed by atoms with E-state index in [2.05, 4.69) is 57.9 Å². The number of para-hydroxylation sites is 1. The number of fused-ring (bicyclic) bond motifs is 1. The number of hydrogen-bond acceptors (Lipinski definition) is 1. The highest BCUT2D eigenvalue weighted by atomic mass is 79.9. The molecule has 1 aliphatic heterocycles. The van der Waals surface area contributed by atoms with Crippen molar-refractivity contribution in [3.05, 3.63) is 81.6 Å². The second-order valence-electron chi connectivity index (χ2n) is 6.20. The second-order valence-corrected chi connectivity index (χ2v) is 7.11. The highest BCUT2D eigenvalue weighted by Gasteiger charge is 2.24. The lowest BCUT2D eigenvalue weighted by Crippen LogP contribution is -2.03. The highest BCUT2D eigenvalue weighted by molar-refractivity contribution is 9.10. The fraction of sp³-hybridized carbons (Fsp3) is 0.0952. The maximum Gasteiger partial charge on any atom is 0.256 e. The van der Waals surface area contributed by atoms with Gasteiger partial charge in [-0.2, -0.15) is 0 Å². The lowest BCUT2D eigenvalue weighted by molar-refractivity contribution is -0.110. The molecule has 0 fully saturated rings. The molecule has 1 amide bonds. The number of hydrogen-bond donors (Lipinski definition) is 1. The third-order valence-corrected chi connectivity index (χ3v) is 5.09. The molecule has 4 heteroatoms. The minimum Gasteiger partial charge on any atom is -0.321 e. The van der Waals surface area contributed by atoms with Gasteiger partial charge in [-0.3, -0.25) is 4.79 Å². The van der Waals surface area contributed by atoms with Gasteiger partial charge in [-0.15, -0.1) is 0 Å². The molecule has 0 bridgehead atoms. The van der Waals surface area contributed by atoms with Crippen LogP contribution in [0.4, 0.5) is 5.69 Å². The van der Waals surface area contributed by atoms with Crippen LogP contribution >= 0.6 is 15.9 Å². The fourth-order valence-corrected chi connectivity index (χ4v) is 3.62. The Bertz CT molecular complexity index is 1010. The van der Waals surface area contributed by atoms with Crippen molar-refractivity contribution in [1.29, 1.82) is 0 Å². The van der Waals surface area contributed by atoms with E-state index < -0.39 is 0 Å². The second kappa shape index (κ2) is 6.05. The van der Waals surface area contributed by atoms with E-state index in [9.17, 15) is 4.79 Å². The third-order valence-electron chi connectivity index (χ3n) is 4.57. The van der Waals surface area contributed by atoms with Gasteiger partial charge in [-0.1, -0.05) is 34.1 Å². The van der Waals surface area contributed by atoms with E-state index in [0.717, 1.165) is 38.4 Å². The van der Waals surface area contributed by atoms with Crippen molar-refractivity contribution >= 4 is 39.2 Å². The van der Waals surface area contributed by atoms with Crippen molar-refractivity contribution < 1.29 is 4.79 Å². The van der Waals surface area contributed by atoms with E-state index in [4.69, 9.17) is 0 Å². The normalized spacial score (nSPS) is 14.7. The van der Waals surface area contributed by atoms with Crippen LogP contribution in [0.1, 0.15) is 22.5 Å². The summed E-state index contributed by atoms with van der Waals surface area (Å²) in [5.41, 5.74) is 6.97. The molecule has 0 atom stereocenters. The maximum absolute atomic E-state index is 12.4. The first-order valence-electron chi connectivity index (χ1n) is 8.12. The summed E-state index contributed by atoms with van der Waals surface area (Å²) in [5.74, 6) is -0.0466. The average Bonchev–Trinajstić information content (AvgIpc) is 3.06. The Labute approximate surface area is 155 Å². The lowest BCUT2D eigenvalue weighted by Gasteiger charge is -2.09. The molecule has 3 nitrogen and oxygen atoms in total. The van der Waals surface area contributed by atoms with Crippen LogP contribution in [0.15, 0.2) is 59.1 Å². The molecule has 2 heterocycles. The van der Waals surface area contributed by atoms with E-state index in [1.165, 1.54) is 0 Å². The Kier molecular flexibility index (Phi) is 3.85. The largest absolute Gasteiger partial charge is 0.321 e. The van der Waals surface area contributed by atoms with Crippen molar-refractivity contribution in [2.24, 2.45) is 0 Å². The zero-order valence-electron chi connectivity index (χ0n) is 14.0. The Balaban J connectivity index is 1.82. The molecule has 4 rings (SSSR count). The SMILES string of the molecule is Cc1cc(/C=C2\C(=O)Nc3ccccc32)c(C)n1-c1ccc(Br)cc1. The Morgan fingerprint density at radius 3 is 2.52 bits per heavy atom. The molecule has 0 spiro atoms. The summed E-state index contributed by atoms with van der Waals surface area (Å²) in [6.45, 7) is 4.17. The Morgan fingerprint density at radius 2 is 1.76 bits per heavy atom. The number of aromatic nitrogens is 1. The van der Waals surface area contributed by atoms with Gasteiger partial charge in [0.15, 0.2) is 0 Å². The van der Waals surface area contributed by atoms with Crippen molar-refractivity contribution in [3.8, 4) is 5.69 Å². The van der Waals surface area contributed by atoms with Crippen LogP contribution in [0.2, 0.25) is 0 Å². The molecule has 0 saturated carbocycles. The summed E-state index contributed by atoms with van der Waals surface area (Å²) >= 11 is 3.48. The molecule has 2 aromatic carbocycles. The van der Waals surface area contributed by atoms with Gasteiger partial charge < -0.3 is 9.88 Å². The van der Waals surface area contributed by atoms with E-state index in [1.54, 1.807) is 0 Å². The molecule has 0 unspecified atom stereocenters. The van der Waals surface area contributed by atoms with Crippen LogP contribution in [0.25, 0.3) is 17.3 Å².